The van der Waals surface area contributed by atoms with Crippen LogP contribution in [0, 0.1) is 23.7 Å². The Labute approximate surface area is 251 Å². The lowest BCUT2D eigenvalue weighted by atomic mass is 10.0. The third-order valence-corrected chi connectivity index (χ3v) is 7.57. The van der Waals surface area contributed by atoms with Crippen molar-refractivity contribution in [1.82, 2.24) is 15.0 Å². The minimum absolute atomic E-state index is 0.161. The average Bonchev–Trinajstić information content (AvgIpc) is 3.81. The zero-order chi connectivity index (χ0) is 29.6. The highest BCUT2D eigenvalue weighted by atomic mass is 16.8. The van der Waals surface area contributed by atoms with E-state index in [4.69, 9.17) is 28.4 Å². The number of rotatable bonds is 8. The molecule has 1 aromatic heterocycles. The van der Waals surface area contributed by atoms with E-state index < -0.39 is 24.1 Å². The molecule has 0 unspecified atom stereocenters. The average molecular weight is 586 g/mol. The molecule has 3 fully saturated rings. The summed E-state index contributed by atoms with van der Waals surface area (Å²) in [4.78, 5) is 0. The predicted molar refractivity (Wildman–Crippen MR) is 154 cm³/mol. The van der Waals surface area contributed by atoms with Crippen LogP contribution < -0.4 is 0 Å². The summed E-state index contributed by atoms with van der Waals surface area (Å²) in [6.07, 6.45) is -1.07. The lowest BCUT2D eigenvalue weighted by molar-refractivity contribution is -0.162. The van der Waals surface area contributed by atoms with Crippen LogP contribution in [0.1, 0.15) is 36.7 Å². The minimum atomic E-state index is -0.752. The van der Waals surface area contributed by atoms with Crippen molar-refractivity contribution in [3.63, 3.8) is 0 Å². The molecule has 0 spiro atoms. The lowest BCUT2D eigenvalue weighted by Crippen LogP contribution is -2.41. The first kappa shape index (κ1) is 29.5. The van der Waals surface area contributed by atoms with E-state index in [1.54, 1.807) is 10.9 Å². The van der Waals surface area contributed by atoms with E-state index in [2.05, 4.69) is 34.0 Å². The standard InChI is InChI=1S/C33H35N3O7/c1-33(2)42-22-29(43-33)32-30(39-18-23-11-5-3-6-12-23)26(20-41-32)36-17-25(34-35-36)15-9-10-16-28-31(27(37)21-38-28)40-19-24-13-7-4-8-14-24/h3-8,11-14,17,26-32,37H,18-22H2,1-2H3/t26-,27+,28-,29-,30-,31-,32-/m0/s1. The fraction of sp³-hybridized carbons (Fsp3) is 0.455. The van der Waals surface area contributed by atoms with Crippen LogP contribution in [-0.4, -0.2) is 82.3 Å². The fourth-order valence-electron chi connectivity index (χ4n) is 5.40. The molecule has 3 aromatic rings. The number of aromatic nitrogens is 3. The highest BCUT2D eigenvalue weighted by molar-refractivity contribution is 5.35. The number of benzene rings is 2. The third kappa shape index (κ3) is 7.32. The number of nitrogens with zero attached hydrogens (tertiary/aromatic N) is 3. The minimum Gasteiger partial charge on any atom is -0.388 e. The van der Waals surface area contributed by atoms with Gasteiger partial charge in [-0.1, -0.05) is 71.8 Å². The van der Waals surface area contributed by atoms with Crippen LogP contribution in [0.3, 0.4) is 0 Å². The molecule has 3 aliphatic heterocycles. The van der Waals surface area contributed by atoms with Crippen LogP contribution in [0.15, 0.2) is 66.9 Å². The van der Waals surface area contributed by atoms with Gasteiger partial charge in [0, 0.05) is 0 Å². The molecule has 2 aromatic carbocycles. The van der Waals surface area contributed by atoms with Crippen molar-refractivity contribution in [3.8, 4) is 23.7 Å². The SMILES string of the molecule is CC1(C)OC[C@@H]([C@@H]2OC[C@H](n3cc(C#CC#C[C@@H]4OC[C@@H](O)[C@@H]4OCc4ccccc4)nn3)[C@@H]2OCc2ccccc2)O1. The van der Waals surface area contributed by atoms with E-state index in [0.29, 0.717) is 32.1 Å². The fourth-order valence-corrected chi connectivity index (χ4v) is 5.40. The summed E-state index contributed by atoms with van der Waals surface area (Å²) in [5.41, 5.74) is 2.53. The summed E-state index contributed by atoms with van der Waals surface area (Å²) < 4.78 is 37.8. The summed E-state index contributed by atoms with van der Waals surface area (Å²) in [6.45, 7) is 5.53. The Bertz CT molecular complexity index is 1470. The number of hydrogen-bond acceptors (Lipinski definition) is 9. The summed E-state index contributed by atoms with van der Waals surface area (Å²) in [6, 6.07) is 19.5. The summed E-state index contributed by atoms with van der Waals surface area (Å²) in [5.74, 6) is 10.9. The molecule has 0 bridgehead atoms. The van der Waals surface area contributed by atoms with Crippen LogP contribution in [-0.2, 0) is 41.6 Å². The van der Waals surface area contributed by atoms with E-state index in [0.717, 1.165) is 11.1 Å². The molecule has 7 atom stereocenters. The molecule has 10 nitrogen and oxygen atoms in total. The van der Waals surface area contributed by atoms with E-state index >= 15 is 0 Å². The smallest absolute Gasteiger partial charge is 0.163 e. The Morgan fingerprint density at radius 1 is 0.907 bits per heavy atom. The molecule has 3 saturated heterocycles. The van der Waals surface area contributed by atoms with Crippen LogP contribution in [0.5, 0.6) is 0 Å². The van der Waals surface area contributed by atoms with Gasteiger partial charge < -0.3 is 33.5 Å². The molecule has 0 saturated carbocycles. The first-order chi connectivity index (χ1) is 20.9. The molecule has 3 aliphatic rings. The molecule has 43 heavy (non-hydrogen) atoms. The van der Waals surface area contributed by atoms with Gasteiger partial charge in [-0.2, -0.15) is 0 Å². The van der Waals surface area contributed by atoms with Gasteiger partial charge in [0.25, 0.3) is 0 Å². The maximum atomic E-state index is 10.3. The largest absolute Gasteiger partial charge is 0.388 e. The monoisotopic (exact) mass is 585 g/mol. The molecule has 4 heterocycles. The van der Waals surface area contributed by atoms with Gasteiger partial charge >= 0.3 is 0 Å². The van der Waals surface area contributed by atoms with Crippen molar-refractivity contribution in [2.45, 2.75) is 75.5 Å². The molecule has 0 radical (unpaired) electrons. The Morgan fingerprint density at radius 2 is 1.60 bits per heavy atom. The molecule has 0 amide bonds. The van der Waals surface area contributed by atoms with Gasteiger partial charge in [-0.15, -0.1) is 5.10 Å². The second-order valence-electron chi connectivity index (χ2n) is 11.2. The lowest BCUT2D eigenvalue weighted by Gasteiger charge is -2.27. The first-order valence-electron chi connectivity index (χ1n) is 14.4. The van der Waals surface area contributed by atoms with Crippen LogP contribution in [0.2, 0.25) is 0 Å². The van der Waals surface area contributed by atoms with Gasteiger partial charge in [0.2, 0.25) is 0 Å². The molecule has 10 heteroatoms. The van der Waals surface area contributed by atoms with E-state index in [9.17, 15) is 5.11 Å². The number of aliphatic hydroxyl groups is 1. The van der Waals surface area contributed by atoms with Gasteiger partial charge in [-0.3, -0.25) is 0 Å². The summed E-state index contributed by atoms with van der Waals surface area (Å²) >= 11 is 0. The predicted octanol–water partition coefficient (Wildman–Crippen LogP) is 2.65. The number of aliphatic hydroxyl groups excluding tert-OH is 1. The molecular weight excluding hydrogens is 550 g/mol. The van der Waals surface area contributed by atoms with Crippen LogP contribution in [0.4, 0.5) is 0 Å². The Balaban J connectivity index is 1.11. The Kier molecular flexibility index (Phi) is 9.17. The molecule has 6 rings (SSSR count). The quantitative estimate of drug-likeness (QED) is 0.400. The molecule has 224 valence electrons. The summed E-state index contributed by atoms with van der Waals surface area (Å²) in [7, 11) is 0. The number of hydrogen-bond donors (Lipinski definition) is 1. The Morgan fingerprint density at radius 3 is 2.28 bits per heavy atom. The van der Waals surface area contributed by atoms with Crippen LogP contribution in [0.25, 0.3) is 0 Å². The highest BCUT2D eigenvalue weighted by Crippen LogP contribution is 2.35. The molecule has 1 N–H and O–H groups in total. The zero-order valence-electron chi connectivity index (χ0n) is 24.2. The van der Waals surface area contributed by atoms with Crippen molar-refractivity contribution in [2.24, 2.45) is 0 Å². The van der Waals surface area contributed by atoms with Crippen molar-refractivity contribution >= 4 is 0 Å². The third-order valence-electron chi connectivity index (χ3n) is 7.57. The van der Waals surface area contributed by atoms with Gasteiger partial charge in [-0.05, 0) is 42.7 Å². The van der Waals surface area contributed by atoms with Gasteiger partial charge in [0.15, 0.2) is 11.5 Å². The zero-order valence-corrected chi connectivity index (χ0v) is 24.2. The topological polar surface area (TPSA) is 106 Å². The second kappa shape index (κ2) is 13.4. The summed E-state index contributed by atoms with van der Waals surface area (Å²) in [5, 5.41) is 18.9. The van der Waals surface area contributed by atoms with Gasteiger partial charge in [0.1, 0.15) is 42.7 Å². The van der Waals surface area contributed by atoms with Crippen molar-refractivity contribution in [1.29, 1.82) is 0 Å². The maximum Gasteiger partial charge on any atom is 0.163 e. The molecular formula is C33H35N3O7. The van der Waals surface area contributed by atoms with Crippen LogP contribution >= 0.6 is 0 Å². The van der Waals surface area contributed by atoms with Crippen molar-refractivity contribution in [2.75, 3.05) is 19.8 Å². The van der Waals surface area contributed by atoms with Crippen molar-refractivity contribution < 1.29 is 33.5 Å². The maximum absolute atomic E-state index is 10.3. The second-order valence-corrected chi connectivity index (χ2v) is 11.2. The molecule has 0 aliphatic carbocycles. The number of ether oxygens (including phenoxy) is 6. The first-order valence-corrected chi connectivity index (χ1v) is 14.4. The normalized spacial score (nSPS) is 29.5. The van der Waals surface area contributed by atoms with Gasteiger partial charge in [0.05, 0.1) is 39.2 Å². The van der Waals surface area contributed by atoms with E-state index in [1.807, 2.05) is 74.5 Å². The van der Waals surface area contributed by atoms with Gasteiger partial charge in [-0.25, -0.2) is 4.68 Å². The van der Waals surface area contributed by atoms with E-state index in [-0.39, 0.29) is 31.0 Å². The highest BCUT2D eigenvalue weighted by Gasteiger charge is 2.49. The van der Waals surface area contributed by atoms with Crippen molar-refractivity contribution in [3.05, 3.63) is 83.7 Å². The Hall–Kier alpha value is -3.58. The van der Waals surface area contributed by atoms with E-state index in [1.165, 1.54) is 0 Å².